The second kappa shape index (κ2) is 5.74. The van der Waals surface area contributed by atoms with Crippen LogP contribution >= 0.6 is 0 Å². The Labute approximate surface area is 159 Å². The number of aromatic nitrogens is 1. The lowest BCUT2D eigenvalue weighted by molar-refractivity contribution is 0.665. The van der Waals surface area contributed by atoms with Crippen LogP contribution in [0.25, 0.3) is 21.9 Å². The summed E-state index contributed by atoms with van der Waals surface area (Å²) in [6.45, 7) is 10.8. The van der Waals surface area contributed by atoms with Crippen molar-refractivity contribution in [1.82, 2.24) is 4.98 Å². The summed E-state index contributed by atoms with van der Waals surface area (Å²) in [6.07, 6.45) is 2.73. The molecule has 4 aromatic rings. The van der Waals surface area contributed by atoms with Gasteiger partial charge in [-0.05, 0) is 51.5 Å². The minimum atomic E-state index is 0.256. The third-order valence-corrected chi connectivity index (χ3v) is 5.23. The molecule has 0 spiro atoms. The number of para-hydroxylation sites is 1. The first-order valence-electron chi connectivity index (χ1n) is 9.22. The fourth-order valence-electron chi connectivity index (χ4n) is 4.06. The fraction of sp³-hybridized carbons (Fsp3) is 0.174. The fourth-order valence-corrected chi connectivity index (χ4v) is 4.06. The van der Waals surface area contributed by atoms with Crippen LogP contribution in [-0.2, 0) is 0 Å². The van der Waals surface area contributed by atoms with E-state index in [1.807, 2.05) is 30.5 Å². The summed E-state index contributed by atoms with van der Waals surface area (Å²) < 4.78 is 6.31. The summed E-state index contributed by atoms with van der Waals surface area (Å²) in [6, 6.07) is 16.8. The van der Waals surface area contributed by atoms with Gasteiger partial charge in [-0.3, -0.25) is 0 Å². The lowest BCUT2D eigenvalue weighted by Crippen LogP contribution is -2.36. The molecule has 0 amide bonds. The zero-order chi connectivity index (χ0) is 18.7. The van der Waals surface area contributed by atoms with Gasteiger partial charge in [0.1, 0.15) is 5.58 Å². The molecule has 0 unspecified atom stereocenters. The van der Waals surface area contributed by atoms with Crippen molar-refractivity contribution in [2.75, 3.05) is 9.80 Å². The van der Waals surface area contributed by atoms with Crippen molar-refractivity contribution in [3.05, 3.63) is 73.4 Å². The first-order valence-corrected chi connectivity index (χ1v) is 9.22. The van der Waals surface area contributed by atoms with Crippen molar-refractivity contribution in [3.8, 4) is 0 Å². The van der Waals surface area contributed by atoms with Crippen molar-refractivity contribution in [3.63, 3.8) is 0 Å². The quantitative estimate of drug-likeness (QED) is 0.443. The van der Waals surface area contributed by atoms with E-state index in [2.05, 4.69) is 66.7 Å². The number of aryl methyl sites for hydroxylation is 1. The molecule has 0 saturated heterocycles. The van der Waals surface area contributed by atoms with E-state index in [0.717, 1.165) is 50.9 Å². The molecular formula is C23H21N3O. The molecule has 3 heterocycles. The van der Waals surface area contributed by atoms with E-state index in [-0.39, 0.29) is 6.04 Å². The van der Waals surface area contributed by atoms with Crippen molar-refractivity contribution in [2.24, 2.45) is 0 Å². The van der Waals surface area contributed by atoms with Crippen molar-refractivity contribution >= 4 is 39.1 Å². The summed E-state index contributed by atoms with van der Waals surface area (Å²) in [5, 5.41) is 2.25. The Hall–Kier alpha value is -3.01. The van der Waals surface area contributed by atoms with Gasteiger partial charge in [0.25, 0.3) is 0 Å². The zero-order valence-electron chi connectivity index (χ0n) is 15.7. The Morgan fingerprint density at radius 2 is 1.81 bits per heavy atom. The number of benzene rings is 2. The van der Waals surface area contributed by atoms with Gasteiger partial charge in [0.15, 0.2) is 17.6 Å². The second-order valence-corrected chi connectivity index (χ2v) is 7.27. The number of anilines is 3. The summed E-state index contributed by atoms with van der Waals surface area (Å²) in [5.41, 5.74) is 5.00. The topological polar surface area (TPSA) is 32.5 Å². The predicted molar refractivity (Wildman–Crippen MR) is 111 cm³/mol. The normalized spacial score (nSPS) is 14.7. The average molecular weight is 355 g/mol. The SMILES string of the molecule is [CH2][C]1N(c2c(C)ccc3c2oc2ccccc23)c2cccnc2N1C(C)C. The van der Waals surface area contributed by atoms with Crippen LogP contribution in [0.3, 0.4) is 0 Å². The first kappa shape index (κ1) is 16.2. The Morgan fingerprint density at radius 1 is 1.00 bits per heavy atom. The molecule has 0 bridgehead atoms. The number of pyridine rings is 1. The van der Waals surface area contributed by atoms with Gasteiger partial charge >= 0.3 is 0 Å². The molecule has 0 fully saturated rings. The van der Waals surface area contributed by atoms with Crippen LogP contribution in [-0.4, -0.2) is 11.0 Å². The van der Waals surface area contributed by atoms with Gasteiger partial charge in [0.05, 0.1) is 11.4 Å². The monoisotopic (exact) mass is 355 g/mol. The third kappa shape index (κ3) is 2.19. The molecule has 0 N–H and O–H groups in total. The van der Waals surface area contributed by atoms with Crippen molar-refractivity contribution < 1.29 is 4.42 Å². The molecule has 0 saturated carbocycles. The molecule has 0 aliphatic carbocycles. The Morgan fingerprint density at radius 3 is 2.63 bits per heavy atom. The summed E-state index contributed by atoms with van der Waals surface area (Å²) in [7, 11) is 0. The second-order valence-electron chi connectivity index (χ2n) is 7.27. The first-order chi connectivity index (χ1) is 13.1. The number of hydrogen-bond donors (Lipinski definition) is 0. The van der Waals surface area contributed by atoms with Gasteiger partial charge in [-0.1, -0.05) is 30.3 Å². The smallest absolute Gasteiger partial charge is 0.162 e. The Kier molecular flexibility index (Phi) is 3.44. The molecule has 4 heteroatoms. The lowest BCUT2D eigenvalue weighted by atomic mass is 10.1. The zero-order valence-corrected chi connectivity index (χ0v) is 15.7. The minimum absolute atomic E-state index is 0.256. The largest absolute Gasteiger partial charge is 0.454 e. The van der Waals surface area contributed by atoms with E-state index in [4.69, 9.17) is 4.42 Å². The standard InChI is InChI=1S/C23H21N3O/c1-14(2)25-16(4)26(19-9-7-13-24-23(19)25)21-15(3)11-12-18-17-8-5-6-10-20(17)27-22(18)21/h5-14H,4H2,1-3H3. The minimum Gasteiger partial charge on any atom is -0.454 e. The van der Waals surface area contributed by atoms with E-state index in [1.54, 1.807) is 0 Å². The summed E-state index contributed by atoms with van der Waals surface area (Å²) in [4.78, 5) is 8.99. The molecule has 1 aliphatic rings. The maximum absolute atomic E-state index is 6.31. The molecular weight excluding hydrogens is 334 g/mol. The maximum Gasteiger partial charge on any atom is 0.162 e. The summed E-state index contributed by atoms with van der Waals surface area (Å²) >= 11 is 0. The molecule has 5 rings (SSSR count). The summed E-state index contributed by atoms with van der Waals surface area (Å²) in [5.74, 6) is 0.935. The molecule has 27 heavy (non-hydrogen) atoms. The molecule has 0 atom stereocenters. The highest BCUT2D eigenvalue weighted by Gasteiger charge is 2.39. The molecule has 134 valence electrons. The van der Waals surface area contributed by atoms with Gasteiger partial charge in [-0.25, -0.2) is 4.98 Å². The van der Waals surface area contributed by atoms with Crippen LogP contribution in [0.5, 0.6) is 0 Å². The van der Waals surface area contributed by atoms with Gasteiger partial charge < -0.3 is 14.2 Å². The van der Waals surface area contributed by atoms with Crippen LogP contribution in [0.1, 0.15) is 19.4 Å². The van der Waals surface area contributed by atoms with E-state index in [9.17, 15) is 0 Å². The van der Waals surface area contributed by atoms with Crippen LogP contribution in [0, 0.1) is 20.0 Å². The van der Waals surface area contributed by atoms with Crippen molar-refractivity contribution in [1.29, 1.82) is 0 Å². The molecule has 2 aromatic carbocycles. The highest BCUT2D eigenvalue weighted by molar-refractivity contribution is 6.11. The number of rotatable bonds is 2. The number of furan rings is 1. The Balaban J connectivity index is 1.82. The van der Waals surface area contributed by atoms with Crippen LogP contribution in [0.15, 0.2) is 59.1 Å². The van der Waals surface area contributed by atoms with Gasteiger partial charge in [0.2, 0.25) is 0 Å². The van der Waals surface area contributed by atoms with Crippen LogP contribution < -0.4 is 9.80 Å². The molecule has 1 aliphatic heterocycles. The molecule has 4 nitrogen and oxygen atoms in total. The Bertz CT molecular complexity index is 1160. The van der Waals surface area contributed by atoms with Crippen LogP contribution in [0.2, 0.25) is 0 Å². The number of nitrogens with zero attached hydrogens (tertiary/aromatic N) is 3. The van der Waals surface area contributed by atoms with E-state index in [0.29, 0.717) is 0 Å². The van der Waals surface area contributed by atoms with E-state index < -0.39 is 0 Å². The van der Waals surface area contributed by atoms with E-state index in [1.165, 1.54) is 0 Å². The van der Waals surface area contributed by atoms with Crippen molar-refractivity contribution in [2.45, 2.75) is 26.8 Å². The van der Waals surface area contributed by atoms with Crippen LogP contribution in [0.4, 0.5) is 17.2 Å². The predicted octanol–water partition coefficient (Wildman–Crippen LogP) is 5.98. The molecule has 2 radical (unpaired) electrons. The van der Waals surface area contributed by atoms with Gasteiger partial charge in [-0.2, -0.15) is 0 Å². The average Bonchev–Trinajstić information content (AvgIpc) is 3.17. The number of hydrogen-bond acceptors (Lipinski definition) is 4. The van der Waals surface area contributed by atoms with E-state index >= 15 is 0 Å². The third-order valence-electron chi connectivity index (χ3n) is 5.23. The maximum atomic E-state index is 6.31. The highest BCUT2D eigenvalue weighted by atomic mass is 16.3. The number of fused-ring (bicyclic) bond motifs is 4. The van der Waals surface area contributed by atoms with Gasteiger partial charge in [-0.15, -0.1) is 0 Å². The lowest BCUT2D eigenvalue weighted by Gasteiger charge is -2.31. The molecule has 2 aromatic heterocycles. The highest BCUT2D eigenvalue weighted by Crippen LogP contribution is 2.50. The van der Waals surface area contributed by atoms with Gasteiger partial charge in [0, 0.05) is 23.0 Å².